The highest BCUT2D eigenvalue weighted by molar-refractivity contribution is 5.79. The zero-order chi connectivity index (χ0) is 12.0. The van der Waals surface area contributed by atoms with Crippen molar-refractivity contribution < 1.29 is 0 Å². The van der Waals surface area contributed by atoms with E-state index < -0.39 is 0 Å². The van der Waals surface area contributed by atoms with Gasteiger partial charge in [-0.15, -0.1) is 0 Å². The van der Waals surface area contributed by atoms with Gasteiger partial charge in [0, 0.05) is 19.1 Å². The van der Waals surface area contributed by atoms with E-state index in [1.54, 1.807) is 0 Å². The number of nitrogens with zero attached hydrogens (tertiary/aromatic N) is 2. The van der Waals surface area contributed by atoms with Crippen LogP contribution in [0.4, 0.5) is 0 Å². The molecule has 94 valence electrons. The molecule has 4 heteroatoms. The number of hydrogen-bond donors (Lipinski definition) is 2. The summed E-state index contributed by atoms with van der Waals surface area (Å²) in [5, 5.41) is 0. The van der Waals surface area contributed by atoms with Crippen LogP contribution in [0.2, 0.25) is 0 Å². The Morgan fingerprint density at radius 2 is 2.06 bits per heavy atom. The van der Waals surface area contributed by atoms with Crippen molar-refractivity contribution in [2.24, 2.45) is 16.8 Å². The summed E-state index contributed by atoms with van der Waals surface area (Å²) in [6.45, 7) is 8.33. The van der Waals surface area contributed by atoms with Gasteiger partial charge in [0.15, 0.2) is 0 Å². The van der Waals surface area contributed by atoms with Crippen molar-refractivity contribution in [1.82, 2.24) is 10.3 Å². The zero-order valence-corrected chi connectivity index (χ0v) is 10.9. The van der Waals surface area contributed by atoms with Gasteiger partial charge in [0.2, 0.25) is 5.96 Å². The van der Waals surface area contributed by atoms with Crippen LogP contribution in [0.5, 0.6) is 0 Å². The van der Waals surface area contributed by atoms with Gasteiger partial charge >= 0.3 is 0 Å². The molecule has 1 fully saturated rings. The molecule has 0 atom stereocenters. The lowest BCUT2D eigenvalue weighted by Crippen LogP contribution is -2.50. The molecule has 0 bridgehead atoms. The number of hydrogen-bond acceptors (Lipinski definition) is 2. The van der Waals surface area contributed by atoms with E-state index in [-0.39, 0.29) is 0 Å². The van der Waals surface area contributed by atoms with Crippen LogP contribution in [-0.2, 0) is 0 Å². The van der Waals surface area contributed by atoms with E-state index in [1.807, 2.05) is 6.92 Å². The number of aliphatic imine (C=N–C) groups is 1. The minimum atomic E-state index is 0.628. The van der Waals surface area contributed by atoms with Crippen LogP contribution in [0.1, 0.15) is 46.5 Å². The van der Waals surface area contributed by atoms with Gasteiger partial charge in [-0.25, -0.2) is 5.84 Å². The zero-order valence-electron chi connectivity index (χ0n) is 10.9. The molecule has 1 rings (SSSR count). The first-order valence-electron chi connectivity index (χ1n) is 6.46. The van der Waals surface area contributed by atoms with Crippen molar-refractivity contribution in [3.63, 3.8) is 0 Å². The van der Waals surface area contributed by atoms with Crippen molar-refractivity contribution in [1.29, 1.82) is 0 Å². The maximum Gasteiger partial charge on any atom is 0.208 e. The van der Waals surface area contributed by atoms with Crippen LogP contribution in [0.25, 0.3) is 0 Å². The summed E-state index contributed by atoms with van der Waals surface area (Å²) in [4.78, 5) is 6.81. The number of nitrogens with one attached hydrogen (secondary N) is 1. The number of nitrogens with two attached hydrogens (primary N) is 1. The van der Waals surface area contributed by atoms with Gasteiger partial charge in [0.1, 0.15) is 0 Å². The molecule has 1 saturated carbocycles. The monoisotopic (exact) mass is 226 g/mol. The smallest absolute Gasteiger partial charge is 0.208 e. The van der Waals surface area contributed by atoms with Gasteiger partial charge in [0.25, 0.3) is 0 Å². The third-order valence-electron chi connectivity index (χ3n) is 3.04. The average Bonchev–Trinajstić information content (AvgIpc) is 2.76. The van der Waals surface area contributed by atoms with Crippen LogP contribution < -0.4 is 11.3 Å². The Morgan fingerprint density at radius 1 is 1.44 bits per heavy atom. The average molecular weight is 226 g/mol. The first-order valence-corrected chi connectivity index (χ1v) is 6.46. The third-order valence-corrected chi connectivity index (χ3v) is 3.04. The Bertz CT molecular complexity index is 219. The molecule has 0 spiro atoms. The molecule has 0 amide bonds. The number of guanidine groups is 1. The molecule has 0 aromatic heterocycles. The SMILES string of the molecule is CCN=C(NN)N(CC(C)C)C1CCCC1. The fourth-order valence-corrected chi connectivity index (χ4v) is 2.39. The maximum atomic E-state index is 5.58. The molecule has 0 radical (unpaired) electrons. The highest BCUT2D eigenvalue weighted by atomic mass is 15.4. The second kappa shape index (κ2) is 6.74. The predicted octanol–water partition coefficient (Wildman–Crippen LogP) is 1.73. The van der Waals surface area contributed by atoms with Crippen molar-refractivity contribution >= 4 is 5.96 Å². The Morgan fingerprint density at radius 3 is 2.50 bits per heavy atom. The lowest BCUT2D eigenvalue weighted by molar-refractivity contribution is 0.274. The van der Waals surface area contributed by atoms with Crippen LogP contribution in [0.15, 0.2) is 4.99 Å². The molecule has 1 aliphatic carbocycles. The largest absolute Gasteiger partial charge is 0.339 e. The van der Waals surface area contributed by atoms with Crippen LogP contribution in [0.3, 0.4) is 0 Å². The normalized spacial score (nSPS) is 18.2. The first kappa shape index (κ1) is 13.3. The lowest BCUT2D eigenvalue weighted by atomic mass is 10.1. The molecule has 1 aliphatic rings. The maximum absolute atomic E-state index is 5.58. The lowest BCUT2D eigenvalue weighted by Gasteiger charge is -2.32. The molecule has 4 nitrogen and oxygen atoms in total. The van der Waals surface area contributed by atoms with Crippen molar-refractivity contribution in [3.8, 4) is 0 Å². The summed E-state index contributed by atoms with van der Waals surface area (Å²) in [5.41, 5.74) is 2.76. The summed E-state index contributed by atoms with van der Waals surface area (Å²) in [6, 6.07) is 0.628. The van der Waals surface area contributed by atoms with E-state index in [0.29, 0.717) is 12.0 Å². The summed E-state index contributed by atoms with van der Waals surface area (Å²) in [7, 11) is 0. The van der Waals surface area contributed by atoms with E-state index in [4.69, 9.17) is 5.84 Å². The fraction of sp³-hybridized carbons (Fsp3) is 0.917. The first-order chi connectivity index (χ1) is 7.69. The Kier molecular flexibility index (Phi) is 5.60. The minimum absolute atomic E-state index is 0.628. The van der Waals surface area contributed by atoms with Crippen molar-refractivity contribution in [3.05, 3.63) is 0 Å². The molecule has 0 aliphatic heterocycles. The Balaban J connectivity index is 2.71. The molecule has 0 unspecified atom stereocenters. The highest BCUT2D eigenvalue weighted by Crippen LogP contribution is 2.24. The Hall–Kier alpha value is -0.770. The molecule has 0 aromatic rings. The van der Waals surface area contributed by atoms with Crippen molar-refractivity contribution in [2.75, 3.05) is 13.1 Å². The second-order valence-corrected chi connectivity index (χ2v) is 4.93. The quantitative estimate of drug-likeness (QED) is 0.332. The van der Waals surface area contributed by atoms with E-state index in [2.05, 4.69) is 29.2 Å². The standard InChI is InChI=1S/C12H26N4/c1-4-14-12(15-13)16(9-10(2)3)11-7-5-6-8-11/h10-11H,4-9,13H2,1-3H3,(H,14,15). The summed E-state index contributed by atoms with van der Waals surface area (Å²) in [5.74, 6) is 7.08. The van der Waals surface area contributed by atoms with Gasteiger partial charge in [-0.05, 0) is 25.7 Å². The van der Waals surface area contributed by atoms with E-state index >= 15 is 0 Å². The minimum Gasteiger partial charge on any atom is -0.339 e. The number of hydrazine groups is 1. The molecule has 16 heavy (non-hydrogen) atoms. The van der Waals surface area contributed by atoms with E-state index in [9.17, 15) is 0 Å². The topological polar surface area (TPSA) is 53.6 Å². The molecule has 0 saturated heterocycles. The number of rotatable bonds is 4. The molecule has 0 aromatic carbocycles. The third kappa shape index (κ3) is 3.67. The molecular formula is C12H26N4. The summed E-state index contributed by atoms with van der Waals surface area (Å²) in [6.07, 6.45) is 5.22. The van der Waals surface area contributed by atoms with Gasteiger partial charge < -0.3 is 4.90 Å². The summed E-state index contributed by atoms with van der Waals surface area (Å²) >= 11 is 0. The van der Waals surface area contributed by atoms with E-state index in [1.165, 1.54) is 25.7 Å². The van der Waals surface area contributed by atoms with E-state index in [0.717, 1.165) is 19.0 Å². The van der Waals surface area contributed by atoms with Gasteiger partial charge in [-0.3, -0.25) is 10.4 Å². The molecule has 3 N–H and O–H groups in total. The highest BCUT2D eigenvalue weighted by Gasteiger charge is 2.25. The predicted molar refractivity (Wildman–Crippen MR) is 69.1 cm³/mol. The van der Waals surface area contributed by atoms with Gasteiger partial charge in [0.05, 0.1) is 0 Å². The fourth-order valence-electron chi connectivity index (χ4n) is 2.39. The van der Waals surface area contributed by atoms with Crippen molar-refractivity contribution in [2.45, 2.75) is 52.5 Å². The van der Waals surface area contributed by atoms with Crippen LogP contribution in [0, 0.1) is 5.92 Å². The van der Waals surface area contributed by atoms with Gasteiger partial charge in [-0.1, -0.05) is 26.7 Å². The van der Waals surface area contributed by atoms with Gasteiger partial charge in [-0.2, -0.15) is 0 Å². The van der Waals surface area contributed by atoms with Crippen LogP contribution in [-0.4, -0.2) is 30.0 Å². The molecular weight excluding hydrogens is 200 g/mol. The van der Waals surface area contributed by atoms with Crippen LogP contribution >= 0.6 is 0 Å². The second-order valence-electron chi connectivity index (χ2n) is 4.93. The summed E-state index contributed by atoms with van der Waals surface area (Å²) < 4.78 is 0. The Labute approximate surface area is 99.3 Å². The molecule has 0 heterocycles.